The van der Waals surface area contributed by atoms with Gasteiger partial charge in [0.1, 0.15) is 10.0 Å². The standard InChI is InChI=1S/C18H14Cl2N6O2S/c1-2-25(9-3-8-21)12-6-4-11(5-7-12)23-24-18-22-14-10-13(19)16(26(27)28)15(20)17(14)29-18/h4-7,10H,2-3,9H2,1H3. The number of benzene rings is 2. The van der Waals surface area contributed by atoms with Gasteiger partial charge in [-0.15, -0.1) is 10.2 Å². The van der Waals surface area contributed by atoms with Crippen molar-refractivity contribution in [2.45, 2.75) is 13.3 Å². The van der Waals surface area contributed by atoms with Crippen molar-refractivity contribution < 1.29 is 4.92 Å². The number of anilines is 1. The van der Waals surface area contributed by atoms with Crippen LogP contribution in [0.4, 0.5) is 22.2 Å². The Morgan fingerprint density at radius 1 is 1.31 bits per heavy atom. The van der Waals surface area contributed by atoms with Crippen LogP contribution in [-0.2, 0) is 0 Å². The van der Waals surface area contributed by atoms with Crippen molar-refractivity contribution in [1.82, 2.24) is 4.98 Å². The Morgan fingerprint density at radius 2 is 2.03 bits per heavy atom. The van der Waals surface area contributed by atoms with E-state index in [0.29, 0.717) is 34.0 Å². The molecule has 0 aliphatic carbocycles. The van der Waals surface area contributed by atoms with E-state index in [9.17, 15) is 10.1 Å². The van der Waals surface area contributed by atoms with Gasteiger partial charge in [0, 0.05) is 18.8 Å². The van der Waals surface area contributed by atoms with E-state index in [4.69, 9.17) is 28.5 Å². The summed E-state index contributed by atoms with van der Waals surface area (Å²) in [5.41, 5.74) is 1.70. The first-order valence-corrected chi connectivity index (χ1v) is 10.1. The van der Waals surface area contributed by atoms with Crippen molar-refractivity contribution in [3.05, 3.63) is 50.5 Å². The average Bonchev–Trinajstić information content (AvgIpc) is 3.10. The van der Waals surface area contributed by atoms with Gasteiger partial charge < -0.3 is 4.90 Å². The Balaban J connectivity index is 1.83. The summed E-state index contributed by atoms with van der Waals surface area (Å²) in [6.07, 6.45) is 0.456. The van der Waals surface area contributed by atoms with Gasteiger partial charge in [-0.3, -0.25) is 10.1 Å². The summed E-state index contributed by atoms with van der Waals surface area (Å²) < 4.78 is 0.433. The van der Waals surface area contributed by atoms with Gasteiger partial charge >= 0.3 is 5.69 Å². The Bertz CT molecular complexity index is 1120. The highest BCUT2D eigenvalue weighted by atomic mass is 35.5. The summed E-state index contributed by atoms with van der Waals surface area (Å²) in [7, 11) is 0. The normalized spacial score (nSPS) is 11.1. The number of nitrogens with zero attached hydrogens (tertiary/aromatic N) is 6. The molecule has 1 aromatic heterocycles. The number of nitriles is 1. The molecule has 0 fully saturated rings. The third-order valence-corrected chi connectivity index (χ3v) is 5.80. The zero-order chi connectivity index (χ0) is 21.0. The molecule has 0 saturated heterocycles. The number of nitro groups is 1. The van der Waals surface area contributed by atoms with Crippen LogP contribution in [0.3, 0.4) is 0 Å². The van der Waals surface area contributed by atoms with Crippen LogP contribution in [0.5, 0.6) is 0 Å². The van der Waals surface area contributed by atoms with Crippen molar-refractivity contribution >= 4 is 66.9 Å². The molecule has 3 aromatic rings. The van der Waals surface area contributed by atoms with E-state index in [1.807, 2.05) is 31.2 Å². The molecule has 8 nitrogen and oxygen atoms in total. The highest BCUT2D eigenvalue weighted by Crippen LogP contribution is 2.43. The van der Waals surface area contributed by atoms with Gasteiger partial charge in [-0.2, -0.15) is 5.26 Å². The third-order valence-electron chi connectivity index (χ3n) is 4.06. The highest BCUT2D eigenvalue weighted by Gasteiger charge is 2.23. The topological polar surface area (TPSA) is 108 Å². The molecule has 2 aromatic carbocycles. The fourth-order valence-corrected chi connectivity index (χ4v) is 4.17. The number of aromatic nitrogens is 1. The molecule has 1 heterocycles. The lowest BCUT2D eigenvalue weighted by molar-refractivity contribution is -0.384. The molecule has 0 aliphatic heterocycles. The third kappa shape index (κ3) is 4.62. The monoisotopic (exact) mass is 448 g/mol. The maximum Gasteiger partial charge on any atom is 0.307 e. The van der Waals surface area contributed by atoms with E-state index >= 15 is 0 Å². The molecule has 0 amide bonds. The van der Waals surface area contributed by atoms with Gasteiger partial charge in [0.2, 0.25) is 5.13 Å². The number of hydrogen-bond donors (Lipinski definition) is 0. The van der Waals surface area contributed by atoms with E-state index in [1.54, 1.807) is 0 Å². The van der Waals surface area contributed by atoms with Crippen LogP contribution in [-0.4, -0.2) is 23.0 Å². The second-order valence-corrected chi connectivity index (χ2v) is 7.59. The molecule has 0 radical (unpaired) electrons. The molecule has 11 heteroatoms. The number of fused-ring (bicyclic) bond motifs is 1. The fraction of sp³-hybridized carbons (Fsp3) is 0.222. The molecule has 29 heavy (non-hydrogen) atoms. The Morgan fingerprint density at radius 3 is 2.66 bits per heavy atom. The van der Waals surface area contributed by atoms with Gasteiger partial charge in [0.15, 0.2) is 0 Å². The second-order valence-electron chi connectivity index (χ2n) is 5.83. The number of rotatable bonds is 7. The first kappa shape index (κ1) is 20.9. The molecule has 0 spiro atoms. The van der Waals surface area contributed by atoms with Gasteiger partial charge in [0.05, 0.1) is 33.3 Å². The van der Waals surface area contributed by atoms with Crippen LogP contribution in [0.2, 0.25) is 10.0 Å². The summed E-state index contributed by atoms with van der Waals surface area (Å²) in [5.74, 6) is 0. The largest absolute Gasteiger partial charge is 0.371 e. The zero-order valence-corrected chi connectivity index (χ0v) is 17.5. The summed E-state index contributed by atoms with van der Waals surface area (Å²) in [4.78, 5) is 16.9. The van der Waals surface area contributed by atoms with Crippen molar-refractivity contribution in [3.63, 3.8) is 0 Å². The van der Waals surface area contributed by atoms with Crippen LogP contribution in [0.25, 0.3) is 10.2 Å². The van der Waals surface area contributed by atoms with Crippen LogP contribution < -0.4 is 4.90 Å². The van der Waals surface area contributed by atoms with Crippen molar-refractivity contribution in [1.29, 1.82) is 5.26 Å². The summed E-state index contributed by atoms with van der Waals surface area (Å²) in [6, 6.07) is 11.0. The number of hydrogen-bond acceptors (Lipinski definition) is 8. The van der Waals surface area contributed by atoms with Gasteiger partial charge in [-0.05, 0) is 37.3 Å². The Labute approximate surface area is 180 Å². The van der Waals surface area contributed by atoms with Crippen molar-refractivity contribution in [2.75, 3.05) is 18.0 Å². The van der Waals surface area contributed by atoms with Gasteiger partial charge in [-0.25, -0.2) is 4.98 Å². The number of halogens is 2. The van der Waals surface area contributed by atoms with Gasteiger partial charge in [-0.1, -0.05) is 34.5 Å². The lowest BCUT2D eigenvalue weighted by atomic mass is 10.2. The molecular weight excluding hydrogens is 435 g/mol. The van der Waals surface area contributed by atoms with E-state index < -0.39 is 4.92 Å². The minimum Gasteiger partial charge on any atom is -0.371 e. The maximum absolute atomic E-state index is 11.1. The molecule has 3 rings (SSSR count). The van der Waals surface area contributed by atoms with E-state index in [1.165, 1.54) is 6.07 Å². The van der Waals surface area contributed by atoms with E-state index in [0.717, 1.165) is 23.6 Å². The van der Waals surface area contributed by atoms with Crippen LogP contribution >= 0.6 is 34.5 Å². The predicted molar refractivity (Wildman–Crippen MR) is 115 cm³/mol. The van der Waals surface area contributed by atoms with Gasteiger partial charge in [0.25, 0.3) is 0 Å². The minimum absolute atomic E-state index is 0.0576. The molecule has 0 bridgehead atoms. The Kier molecular flexibility index (Phi) is 6.59. The molecule has 0 N–H and O–H groups in total. The number of nitro benzene ring substituents is 1. The van der Waals surface area contributed by atoms with E-state index in [2.05, 4.69) is 26.2 Å². The zero-order valence-electron chi connectivity index (χ0n) is 15.2. The predicted octanol–water partition coefficient (Wildman–Crippen LogP) is 6.67. The van der Waals surface area contributed by atoms with Crippen molar-refractivity contribution in [2.24, 2.45) is 10.2 Å². The smallest absolute Gasteiger partial charge is 0.307 e. The molecule has 0 aliphatic rings. The lowest BCUT2D eigenvalue weighted by Gasteiger charge is -2.21. The molecule has 148 valence electrons. The lowest BCUT2D eigenvalue weighted by Crippen LogP contribution is -2.23. The summed E-state index contributed by atoms with van der Waals surface area (Å²) >= 11 is 13.1. The van der Waals surface area contributed by atoms with Crippen LogP contribution in [0.15, 0.2) is 40.6 Å². The highest BCUT2D eigenvalue weighted by molar-refractivity contribution is 7.22. The number of azo groups is 1. The van der Waals surface area contributed by atoms with Crippen LogP contribution in [0.1, 0.15) is 13.3 Å². The molecular formula is C18H14Cl2N6O2S. The second kappa shape index (κ2) is 9.13. The van der Waals surface area contributed by atoms with Crippen molar-refractivity contribution in [3.8, 4) is 6.07 Å². The van der Waals surface area contributed by atoms with E-state index in [-0.39, 0.29) is 15.7 Å². The molecule has 0 saturated carbocycles. The molecule has 0 atom stereocenters. The average molecular weight is 449 g/mol. The first-order chi connectivity index (χ1) is 13.9. The minimum atomic E-state index is -0.622. The molecule has 0 unspecified atom stereocenters. The quantitative estimate of drug-likeness (QED) is 0.227. The maximum atomic E-state index is 11.1. The van der Waals surface area contributed by atoms with Crippen LogP contribution in [0, 0.1) is 21.4 Å². The SMILES string of the molecule is CCN(CCC#N)c1ccc(N=Nc2nc3cc(Cl)c([N+](=O)[O-])c(Cl)c3s2)cc1. The first-order valence-electron chi connectivity index (χ1n) is 8.51. The fourth-order valence-electron chi connectivity index (χ4n) is 2.67. The Hall–Kier alpha value is -2.80. The summed E-state index contributed by atoms with van der Waals surface area (Å²) in [6.45, 7) is 3.48. The summed E-state index contributed by atoms with van der Waals surface area (Å²) in [5, 5.41) is 28.3. The number of thiazole rings is 1.